The van der Waals surface area contributed by atoms with Crippen molar-refractivity contribution in [3.8, 4) is 11.3 Å². The molecular formula is C42H48N3OSi+. The molecule has 5 heteroatoms. The van der Waals surface area contributed by atoms with Crippen LogP contribution >= 0.6 is 0 Å². The lowest BCUT2D eigenvalue weighted by atomic mass is 9.78. The molecule has 0 saturated carbocycles. The largest absolute Gasteiger partial charge is 0.437 e. The number of pyridine rings is 2. The van der Waals surface area contributed by atoms with Gasteiger partial charge in [0, 0.05) is 38.8 Å². The fourth-order valence-electron chi connectivity index (χ4n) is 7.68. The molecule has 0 radical (unpaired) electrons. The second-order valence-electron chi connectivity index (χ2n) is 15.4. The summed E-state index contributed by atoms with van der Waals surface area (Å²) in [6, 6.07) is 20.3. The van der Waals surface area contributed by atoms with Gasteiger partial charge in [-0.25, -0.2) is 9.98 Å². The molecule has 2 unspecified atom stereocenters. The zero-order chi connectivity index (χ0) is 33.4. The minimum atomic E-state index is -1.67. The Labute approximate surface area is 281 Å². The molecule has 0 aliphatic carbocycles. The third-order valence-electron chi connectivity index (χ3n) is 10.5. The zero-order valence-electron chi connectivity index (χ0n) is 29.5. The fourth-order valence-corrected chi connectivity index (χ4v) is 9.43. The molecule has 5 aromatic rings. The number of hydrogen-bond acceptors (Lipinski definition) is 3. The lowest BCUT2D eigenvalue weighted by Gasteiger charge is -2.32. The van der Waals surface area contributed by atoms with E-state index in [2.05, 4.69) is 126 Å². The van der Waals surface area contributed by atoms with E-state index in [1.165, 1.54) is 38.7 Å². The number of furan rings is 1. The molecule has 0 N–H and O–H groups in total. The van der Waals surface area contributed by atoms with Crippen LogP contribution in [-0.2, 0) is 6.42 Å². The van der Waals surface area contributed by atoms with E-state index in [1.807, 2.05) is 6.92 Å². The standard InChI is InChI=1S/C42H48N3OSi/c1-24(2)26(5)21-36-39-29(17-20-33-34-18-15-27(6)43-42(34)46-41(33)39)16-19-32-30-13-11-12-14-31(30)37-22-35(25(3)4)38(47(8,9)10)23-45(37)40(32)28(7)44-36/h11-15,17-18,20-25,32,40H,7,16,19H2,1-6,8-10H3/q+1/b26-21-,44-36-. The van der Waals surface area contributed by atoms with Gasteiger partial charge < -0.3 is 4.42 Å². The molecule has 3 aromatic heterocycles. The Kier molecular flexibility index (Phi) is 7.74. The number of fused-ring (bicyclic) bond motifs is 11. The molecule has 240 valence electrons. The van der Waals surface area contributed by atoms with Gasteiger partial charge in [-0.05, 0) is 79.5 Å². The third kappa shape index (κ3) is 5.33. The molecule has 2 aromatic carbocycles. The van der Waals surface area contributed by atoms with Gasteiger partial charge in [0.05, 0.1) is 19.7 Å². The normalized spacial score (nSPS) is 19.5. The van der Waals surface area contributed by atoms with E-state index in [9.17, 15) is 0 Å². The van der Waals surface area contributed by atoms with Gasteiger partial charge in [0.25, 0.3) is 0 Å². The number of allylic oxidation sites excluding steroid dienone is 3. The van der Waals surface area contributed by atoms with Crippen LogP contribution in [0.4, 0.5) is 0 Å². The van der Waals surface area contributed by atoms with Crippen molar-refractivity contribution >= 4 is 41.0 Å². The summed E-state index contributed by atoms with van der Waals surface area (Å²) in [5.41, 5.74) is 13.4. The van der Waals surface area contributed by atoms with Crippen molar-refractivity contribution in [3.63, 3.8) is 0 Å². The summed E-state index contributed by atoms with van der Waals surface area (Å²) in [7, 11) is -1.67. The molecular weight excluding hydrogens is 591 g/mol. The quantitative estimate of drug-likeness (QED) is 0.145. The van der Waals surface area contributed by atoms with E-state index in [0.29, 0.717) is 17.5 Å². The highest BCUT2D eigenvalue weighted by molar-refractivity contribution is 6.89. The van der Waals surface area contributed by atoms with E-state index < -0.39 is 8.07 Å². The van der Waals surface area contributed by atoms with Gasteiger partial charge in [-0.1, -0.05) is 89.8 Å². The van der Waals surface area contributed by atoms with E-state index in [1.54, 1.807) is 0 Å². The zero-order valence-corrected chi connectivity index (χ0v) is 30.5. The first-order valence-electron chi connectivity index (χ1n) is 17.3. The van der Waals surface area contributed by atoms with Crippen LogP contribution in [0.5, 0.6) is 0 Å². The van der Waals surface area contributed by atoms with Crippen LogP contribution in [0, 0.1) is 12.8 Å². The van der Waals surface area contributed by atoms with Crippen molar-refractivity contribution in [2.24, 2.45) is 10.9 Å². The number of aromatic nitrogens is 2. The van der Waals surface area contributed by atoms with Crippen molar-refractivity contribution in [2.45, 2.75) is 91.9 Å². The Bertz CT molecular complexity index is 2140. The summed E-state index contributed by atoms with van der Waals surface area (Å²) in [4.78, 5) is 10.3. The first kappa shape index (κ1) is 31.5. The second kappa shape index (κ2) is 11.6. The Hall–Kier alpha value is -4.09. The number of rotatable bonds is 4. The molecule has 0 amide bonds. The Morgan fingerprint density at radius 3 is 2.49 bits per heavy atom. The Morgan fingerprint density at radius 1 is 1.02 bits per heavy atom. The predicted octanol–water partition coefficient (Wildman–Crippen LogP) is 10.1. The summed E-state index contributed by atoms with van der Waals surface area (Å²) in [6.45, 7) is 25.6. The molecule has 0 saturated heterocycles. The summed E-state index contributed by atoms with van der Waals surface area (Å²) in [5, 5.41) is 3.66. The molecule has 2 aliphatic rings. The molecule has 0 fully saturated rings. The van der Waals surface area contributed by atoms with Crippen LogP contribution in [0.15, 0.2) is 94.1 Å². The van der Waals surface area contributed by atoms with Gasteiger partial charge in [0.2, 0.25) is 17.4 Å². The lowest BCUT2D eigenvalue weighted by molar-refractivity contribution is -0.708. The average molecular weight is 639 g/mol. The van der Waals surface area contributed by atoms with Crippen molar-refractivity contribution < 1.29 is 8.98 Å². The number of benzene rings is 2. The number of aryl methyl sites for hydroxylation is 2. The third-order valence-corrected chi connectivity index (χ3v) is 12.5. The maximum atomic E-state index is 6.64. The SMILES string of the molecule is C=C1/N=C(/C=C(/C)C(C)C)c2c(ccc3c2oc2nc(C)ccc23)CCC2c3ccccc3-c3cc(C(C)C)c([Si](C)(C)C)c[n+]3C12. The average Bonchev–Trinajstić information content (AvgIpc) is 3.40. The monoisotopic (exact) mass is 638 g/mol. The van der Waals surface area contributed by atoms with Crippen LogP contribution in [0.2, 0.25) is 19.6 Å². The molecule has 4 nitrogen and oxygen atoms in total. The first-order valence-corrected chi connectivity index (χ1v) is 20.8. The summed E-state index contributed by atoms with van der Waals surface area (Å²) < 4.78 is 9.19. The smallest absolute Gasteiger partial charge is 0.227 e. The highest BCUT2D eigenvalue weighted by Gasteiger charge is 2.44. The van der Waals surface area contributed by atoms with E-state index in [4.69, 9.17) is 21.0 Å². The number of aliphatic imine (C=N–C) groups is 1. The van der Waals surface area contributed by atoms with Crippen molar-refractivity contribution in [1.82, 2.24) is 4.98 Å². The van der Waals surface area contributed by atoms with Gasteiger partial charge in [-0.2, -0.15) is 4.57 Å². The van der Waals surface area contributed by atoms with Gasteiger partial charge >= 0.3 is 0 Å². The van der Waals surface area contributed by atoms with Gasteiger partial charge in [0.15, 0.2) is 6.20 Å². The number of hydrogen-bond donors (Lipinski definition) is 0. The van der Waals surface area contributed by atoms with Crippen LogP contribution in [0.25, 0.3) is 33.3 Å². The van der Waals surface area contributed by atoms with Crippen molar-refractivity contribution in [3.05, 3.63) is 113 Å². The summed E-state index contributed by atoms with van der Waals surface area (Å²) >= 11 is 0. The van der Waals surface area contributed by atoms with Crippen LogP contribution in [0.1, 0.15) is 86.9 Å². The van der Waals surface area contributed by atoms with E-state index in [-0.39, 0.29) is 12.0 Å². The molecule has 0 spiro atoms. The molecule has 5 heterocycles. The van der Waals surface area contributed by atoms with Crippen LogP contribution in [0.3, 0.4) is 0 Å². The predicted molar refractivity (Wildman–Crippen MR) is 200 cm³/mol. The minimum absolute atomic E-state index is 0.00348. The van der Waals surface area contributed by atoms with Gasteiger partial charge in [-0.3, -0.25) is 0 Å². The highest BCUT2D eigenvalue weighted by atomic mass is 28.3. The van der Waals surface area contributed by atoms with Crippen molar-refractivity contribution in [2.75, 3.05) is 0 Å². The van der Waals surface area contributed by atoms with Gasteiger partial charge in [0.1, 0.15) is 11.3 Å². The second-order valence-corrected chi connectivity index (χ2v) is 20.5. The molecule has 2 aliphatic heterocycles. The van der Waals surface area contributed by atoms with Crippen LogP contribution < -0.4 is 9.75 Å². The maximum Gasteiger partial charge on any atom is 0.227 e. The molecule has 47 heavy (non-hydrogen) atoms. The van der Waals surface area contributed by atoms with E-state index in [0.717, 1.165) is 51.9 Å². The summed E-state index contributed by atoms with van der Waals surface area (Å²) in [5.74, 6) is 1.07. The molecule has 7 rings (SSSR count). The lowest BCUT2D eigenvalue weighted by Crippen LogP contribution is -2.54. The Balaban J connectivity index is 1.53. The Morgan fingerprint density at radius 2 is 1.77 bits per heavy atom. The maximum absolute atomic E-state index is 6.64. The number of nitrogens with zero attached hydrogens (tertiary/aromatic N) is 3. The first-order chi connectivity index (χ1) is 22.3. The van der Waals surface area contributed by atoms with E-state index >= 15 is 0 Å². The minimum Gasteiger partial charge on any atom is -0.437 e. The highest BCUT2D eigenvalue weighted by Crippen LogP contribution is 2.45. The molecule has 0 bridgehead atoms. The summed E-state index contributed by atoms with van der Waals surface area (Å²) in [6.07, 6.45) is 6.66. The van der Waals surface area contributed by atoms with Crippen LogP contribution in [-0.4, -0.2) is 18.8 Å². The fraction of sp³-hybridized carbons (Fsp3) is 0.357. The topological polar surface area (TPSA) is 42.3 Å². The van der Waals surface area contributed by atoms with Crippen molar-refractivity contribution in [1.29, 1.82) is 0 Å². The van der Waals surface area contributed by atoms with Gasteiger partial charge in [-0.15, -0.1) is 0 Å². The molecule has 2 atom stereocenters.